The first-order chi connectivity index (χ1) is 13.3. The smallest absolute Gasteiger partial charge is 0.221 e. The minimum atomic E-state index is -1.54. The molecule has 0 spiro atoms. The molecular weight excluding hydrogens is 398 g/mol. The molecule has 5 N–H and O–H groups in total. The Kier molecular flexibility index (Phi) is 4.68. The quantitative estimate of drug-likeness (QED) is 0.510. The molecule has 1 aromatic carbocycles. The van der Waals surface area contributed by atoms with Crippen LogP contribution >= 0.6 is 11.6 Å². The van der Waals surface area contributed by atoms with Gasteiger partial charge in [-0.2, -0.15) is 4.98 Å². The molecule has 2 aromatic heterocycles. The van der Waals surface area contributed by atoms with Crippen molar-refractivity contribution in [3.63, 3.8) is 0 Å². The molecule has 8 nitrogen and oxygen atoms in total. The molecule has 0 bridgehead atoms. The Morgan fingerprint density at radius 2 is 1.96 bits per heavy atom. The topological polar surface area (TPSA) is 127 Å². The van der Waals surface area contributed by atoms with Crippen LogP contribution in [-0.2, 0) is 4.74 Å². The van der Waals surface area contributed by atoms with Gasteiger partial charge in [-0.3, -0.25) is 0 Å². The fourth-order valence-corrected chi connectivity index (χ4v) is 3.38. The number of aromatic nitrogens is 3. The summed E-state index contributed by atoms with van der Waals surface area (Å²) < 4.78 is 34.6. The fourth-order valence-electron chi connectivity index (χ4n) is 3.26. The Bertz CT molecular complexity index is 1050. The van der Waals surface area contributed by atoms with Crippen molar-refractivity contribution in [2.24, 2.45) is 0 Å². The van der Waals surface area contributed by atoms with Gasteiger partial charge in [-0.1, -0.05) is 17.7 Å². The van der Waals surface area contributed by atoms with Crippen LogP contribution in [0, 0.1) is 11.6 Å². The van der Waals surface area contributed by atoms with Crippen molar-refractivity contribution in [3.8, 4) is 0 Å². The molecule has 3 aromatic rings. The average molecular weight is 413 g/mol. The average Bonchev–Trinajstić information content (AvgIpc) is 3.14. The number of anilines is 1. The van der Waals surface area contributed by atoms with Crippen molar-refractivity contribution in [3.05, 3.63) is 52.8 Å². The third-order valence-corrected chi connectivity index (χ3v) is 4.99. The number of hydrogen-bond acceptors (Lipinski definition) is 7. The van der Waals surface area contributed by atoms with Gasteiger partial charge < -0.3 is 30.4 Å². The van der Waals surface area contributed by atoms with Crippen LogP contribution in [0.1, 0.15) is 17.9 Å². The number of fused-ring (bicyclic) bond motifs is 1. The molecule has 28 heavy (non-hydrogen) atoms. The lowest BCUT2D eigenvalue weighted by molar-refractivity contribution is -0.0850. The van der Waals surface area contributed by atoms with Crippen molar-refractivity contribution >= 4 is 28.6 Å². The van der Waals surface area contributed by atoms with E-state index in [2.05, 4.69) is 9.97 Å². The Balaban J connectivity index is 1.68. The summed E-state index contributed by atoms with van der Waals surface area (Å²) in [7, 11) is 0. The van der Waals surface area contributed by atoms with Crippen LogP contribution in [0.5, 0.6) is 0 Å². The molecule has 1 fully saturated rings. The third-order valence-electron chi connectivity index (χ3n) is 4.69. The molecule has 1 aliphatic heterocycles. The van der Waals surface area contributed by atoms with Gasteiger partial charge in [0.1, 0.15) is 30.2 Å². The second-order valence-corrected chi connectivity index (χ2v) is 6.85. The summed E-state index contributed by atoms with van der Waals surface area (Å²) in [6.07, 6.45) is -4.93. The summed E-state index contributed by atoms with van der Waals surface area (Å²) in [5, 5.41) is 31.2. The predicted molar refractivity (Wildman–Crippen MR) is 94.2 cm³/mol. The minimum absolute atomic E-state index is 0.0447. The van der Waals surface area contributed by atoms with Crippen molar-refractivity contribution in [2.75, 3.05) is 5.73 Å². The number of nitrogens with two attached hydrogens (primary N) is 1. The van der Waals surface area contributed by atoms with E-state index in [0.29, 0.717) is 0 Å². The van der Waals surface area contributed by atoms with Crippen molar-refractivity contribution < 1.29 is 28.8 Å². The molecule has 0 radical (unpaired) electrons. The number of rotatable bonds is 3. The van der Waals surface area contributed by atoms with E-state index in [1.165, 1.54) is 18.3 Å². The van der Waals surface area contributed by atoms with Crippen LogP contribution in [0.25, 0.3) is 11.0 Å². The van der Waals surface area contributed by atoms with Gasteiger partial charge in [0.15, 0.2) is 17.7 Å². The van der Waals surface area contributed by atoms with Crippen molar-refractivity contribution in [1.29, 1.82) is 0 Å². The Morgan fingerprint density at radius 1 is 1.21 bits per heavy atom. The molecular formula is C17H15ClF2N4O4. The zero-order valence-corrected chi connectivity index (χ0v) is 14.8. The first-order valence-corrected chi connectivity index (χ1v) is 8.59. The lowest BCUT2D eigenvalue weighted by atomic mass is 9.99. The highest BCUT2D eigenvalue weighted by Gasteiger charge is 2.47. The molecule has 0 aliphatic carbocycles. The summed E-state index contributed by atoms with van der Waals surface area (Å²) in [5.74, 6) is -1.55. The van der Waals surface area contributed by atoms with E-state index in [9.17, 15) is 24.1 Å². The summed E-state index contributed by atoms with van der Waals surface area (Å²) in [4.78, 5) is 7.65. The number of nitrogens with zero attached hydrogens (tertiary/aromatic N) is 3. The van der Waals surface area contributed by atoms with E-state index in [4.69, 9.17) is 22.1 Å². The normalized spacial score (nSPS) is 26.1. The maximum Gasteiger partial charge on any atom is 0.221 e. The van der Waals surface area contributed by atoms with Crippen LogP contribution in [0.15, 0.2) is 30.6 Å². The largest absolute Gasteiger partial charge is 0.387 e. The summed E-state index contributed by atoms with van der Waals surface area (Å²) in [6, 6.07) is 3.62. The maximum absolute atomic E-state index is 14.2. The molecule has 0 unspecified atom stereocenters. The minimum Gasteiger partial charge on any atom is -0.387 e. The van der Waals surface area contributed by atoms with E-state index in [0.717, 1.165) is 16.8 Å². The van der Waals surface area contributed by atoms with E-state index in [1.807, 2.05) is 0 Å². The molecule has 3 heterocycles. The number of aliphatic hydroxyl groups excluding tert-OH is 3. The first kappa shape index (κ1) is 19.0. The molecule has 4 rings (SSSR count). The maximum atomic E-state index is 14.2. The highest BCUT2D eigenvalue weighted by Crippen LogP contribution is 2.38. The Labute approximate surface area is 161 Å². The van der Waals surface area contributed by atoms with Gasteiger partial charge in [-0.25, -0.2) is 13.8 Å². The highest BCUT2D eigenvalue weighted by atomic mass is 35.5. The number of hydrogen-bond donors (Lipinski definition) is 4. The standard InChI is InChI=1S/C17H15ClF2N4O4/c18-8-2-1-6(3-9(8)19)11(25)14-12(26)13(27)16(28-14)24-5-10(20)7-4-22-17(21)23-15(7)24/h1-5,11-14,16,25-27H,(H2,21,22,23)/t11-,12-,13+,14-,16-/m1/s1. The van der Waals surface area contributed by atoms with Gasteiger partial charge in [-0.15, -0.1) is 0 Å². The van der Waals surface area contributed by atoms with Gasteiger partial charge in [0.25, 0.3) is 0 Å². The van der Waals surface area contributed by atoms with Crippen LogP contribution < -0.4 is 5.73 Å². The van der Waals surface area contributed by atoms with E-state index in [-0.39, 0.29) is 27.6 Å². The molecule has 1 saturated heterocycles. The predicted octanol–water partition coefficient (Wildman–Crippen LogP) is 1.30. The second kappa shape index (κ2) is 6.90. The zero-order chi connectivity index (χ0) is 20.2. The molecule has 0 amide bonds. The van der Waals surface area contributed by atoms with Gasteiger partial charge >= 0.3 is 0 Å². The number of benzene rings is 1. The molecule has 5 atom stereocenters. The van der Waals surface area contributed by atoms with Crippen LogP contribution in [0.4, 0.5) is 14.7 Å². The summed E-state index contributed by atoms with van der Waals surface area (Å²) in [6.45, 7) is 0. The van der Waals surface area contributed by atoms with Crippen LogP contribution in [0.3, 0.4) is 0 Å². The molecule has 1 aliphatic rings. The van der Waals surface area contributed by atoms with Crippen LogP contribution in [-0.4, -0.2) is 48.2 Å². The Morgan fingerprint density at radius 3 is 2.68 bits per heavy atom. The van der Waals surface area contributed by atoms with Gasteiger partial charge in [0, 0.05) is 12.4 Å². The molecule has 11 heteroatoms. The van der Waals surface area contributed by atoms with Crippen molar-refractivity contribution in [1.82, 2.24) is 14.5 Å². The lowest BCUT2D eigenvalue weighted by Crippen LogP contribution is -2.34. The third kappa shape index (κ3) is 2.99. The van der Waals surface area contributed by atoms with Gasteiger partial charge in [-0.05, 0) is 17.7 Å². The lowest BCUT2D eigenvalue weighted by Gasteiger charge is -2.21. The van der Waals surface area contributed by atoms with Crippen molar-refractivity contribution in [2.45, 2.75) is 30.6 Å². The number of halogens is 3. The number of nitrogen functional groups attached to an aromatic ring is 1. The van der Waals surface area contributed by atoms with E-state index < -0.39 is 42.3 Å². The Hall–Kier alpha value is -2.37. The van der Waals surface area contributed by atoms with Gasteiger partial charge in [0.2, 0.25) is 5.95 Å². The summed E-state index contributed by atoms with van der Waals surface area (Å²) >= 11 is 5.63. The SMILES string of the molecule is Nc1ncc2c(F)cn([C@@H]3O[C@H]([C@H](O)c4ccc(Cl)c(F)c4)[C@H](O)[C@@H]3O)c2n1. The molecule has 148 valence electrons. The zero-order valence-electron chi connectivity index (χ0n) is 14.1. The van der Waals surface area contributed by atoms with Crippen LogP contribution in [0.2, 0.25) is 5.02 Å². The van der Waals surface area contributed by atoms with E-state index >= 15 is 0 Å². The monoisotopic (exact) mass is 412 g/mol. The molecule has 0 saturated carbocycles. The summed E-state index contributed by atoms with van der Waals surface area (Å²) in [5.41, 5.74) is 5.69. The fraction of sp³-hybridized carbons (Fsp3) is 0.294. The number of ether oxygens (including phenoxy) is 1. The second-order valence-electron chi connectivity index (χ2n) is 6.44. The number of aliphatic hydroxyl groups is 3. The van der Waals surface area contributed by atoms with Gasteiger partial charge in [0.05, 0.1) is 10.4 Å². The van der Waals surface area contributed by atoms with E-state index in [1.54, 1.807) is 0 Å². The highest BCUT2D eigenvalue weighted by molar-refractivity contribution is 6.30. The first-order valence-electron chi connectivity index (χ1n) is 8.21.